The van der Waals surface area contributed by atoms with Crippen LogP contribution in [0.4, 0.5) is 0 Å². The van der Waals surface area contributed by atoms with E-state index in [2.05, 4.69) is 4.98 Å². The molecular formula is C13H11N3O. The van der Waals surface area contributed by atoms with Crippen molar-refractivity contribution in [2.45, 2.75) is 6.92 Å². The minimum atomic E-state index is -0.105. The summed E-state index contributed by atoms with van der Waals surface area (Å²) in [4.78, 5) is 16.3. The summed E-state index contributed by atoms with van der Waals surface area (Å²) in [5.74, 6) is 0. The van der Waals surface area contributed by atoms with E-state index in [0.29, 0.717) is 5.65 Å². The summed E-state index contributed by atoms with van der Waals surface area (Å²) in [5.41, 5.74) is 2.29. The lowest BCUT2D eigenvalue weighted by atomic mass is 10.2. The molecule has 1 aromatic carbocycles. The molecule has 0 saturated heterocycles. The van der Waals surface area contributed by atoms with E-state index in [4.69, 9.17) is 0 Å². The van der Waals surface area contributed by atoms with Gasteiger partial charge in [0.25, 0.3) is 5.56 Å². The smallest absolute Gasteiger partial charge is 0.298 e. The van der Waals surface area contributed by atoms with Gasteiger partial charge in [0, 0.05) is 24.8 Å². The van der Waals surface area contributed by atoms with Crippen LogP contribution in [0.5, 0.6) is 0 Å². The van der Waals surface area contributed by atoms with Gasteiger partial charge in [-0.15, -0.1) is 0 Å². The van der Waals surface area contributed by atoms with Crippen molar-refractivity contribution >= 4 is 5.65 Å². The van der Waals surface area contributed by atoms with Gasteiger partial charge in [0.2, 0.25) is 5.65 Å². The molecule has 0 aliphatic rings. The molecule has 0 radical (unpaired) electrons. The summed E-state index contributed by atoms with van der Waals surface area (Å²) < 4.78 is 3.34. The number of benzene rings is 1. The summed E-state index contributed by atoms with van der Waals surface area (Å²) in [6.45, 7) is 1.98. The number of rotatable bonds is 1. The third-order valence-electron chi connectivity index (χ3n) is 2.83. The second-order valence-corrected chi connectivity index (χ2v) is 3.92. The van der Waals surface area contributed by atoms with E-state index >= 15 is 0 Å². The molecule has 4 heteroatoms. The molecular weight excluding hydrogens is 214 g/mol. The number of imidazole rings is 1. The maximum atomic E-state index is 12.2. The number of hydrogen-bond donors (Lipinski definition) is 0. The van der Waals surface area contributed by atoms with E-state index in [1.807, 2.05) is 37.4 Å². The monoisotopic (exact) mass is 225 g/mol. The minimum absolute atomic E-state index is 0.105. The molecule has 3 aromatic rings. The fourth-order valence-electron chi connectivity index (χ4n) is 1.94. The molecule has 0 N–H and O–H groups in total. The first-order valence-electron chi connectivity index (χ1n) is 5.38. The Labute approximate surface area is 97.8 Å². The first-order valence-corrected chi connectivity index (χ1v) is 5.38. The van der Waals surface area contributed by atoms with Crippen molar-refractivity contribution in [3.63, 3.8) is 0 Å². The molecule has 0 aliphatic carbocycles. The normalized spacial score (nSPS) is 10.9. The van der Waals surface area contributed by atoms with Crippen LogP contribution in [0.25, 0.3) is 11.3 Å². The van der Waals surface area contributed by atoms with Gasteiger partial charge >= 0.3 is 0 Å². The largest absolute Gasteiger partial charge is 0.301 e. The Kier molecular flexibility index (Phi) is 2.08. The number of aryl methyl sites for hydroxylation is 1. The van der Waals surface area contributed by atoms with Gasteiger partial charge in [-0.3, -0.25) is 9.36 Å². The number of hydrogen-bond acceptors (Lipinski definition) is 2. The maximum Gasteiger partial charge on any atom is 0.298 e. The van der Waals surface area contributed by atoms with Gasteiger partial charge in [0.1, 0.15) is 0 Å². The molecule has 0 spiro atoms. The molecule has 0 unspecified atom stereocenters. The quantitative estimate of drug-likeness (QED) is 0.633. The number of fused-ring (bicyclic) bond motifs is 1. The van der Waals surface area contributed by atoms with Gasteiger partial charge in [0.15, 0.2) is 0 Å². The van der Waals surface area contributed by atoms with Crippen molar-refractivity contribution in [3.8, 4) is 5.69 Å². The second-order valence-electron chi connectivity index (χ2n) is 3.92. The van der Waals surface area contributed by atoms with Crippen molar-refractivity contribution < 1.29 is 0 Å². The lowest BCUT2D eigenvalue weighted by Gasteiger charge is -2.08. The topological polar surface area (TPSA) is 39.3 Å². The van der Waals surface area contributed by atoms with Gasteiger partial charge in [-0.2, -0.15) is 0 Å². The number of aromatic nitrogens is 3. The van der Waals surface area contributed by atoms with E-state index in [-0.39, 0.29) is 5.56 Å². The van der Waals surface area contributed by atoms with Crippen LogP contribution in [0.2, 0.25) is 0 Å². The Morgan fingerprint density at radius 1 is 1.12 bits per heavy atom. The van der Waals surface area contributed by atoms with Crippen molar-refractivity contribution in [1.29, 1.82) is 0 Å². The molecule has 0 aliphatic heterocycles. The average molecular weight is 225 g/mol. The van der Waals surface area contributed by atoms with E-state index in [9.17, 15) is 4.79 Å². The predicted molar refractivity (Wildman–Crippen MR) is 65.5 cm³/mol. The molecule has 3 rings (SSSR count). The Bertz CT molecular complexity index is 740. The van der Waals surface area contributed by atoms with E-state index in [0.717, 1.165) is 11.3 Å². The third-order valence-corrected chi connectivity index (χ3v) is 2.83. The Morgan fingerprint density at radius 2 is 1.94 bits per heavy atom. The van der Waals surface area contributed by atoms with Crippen molar-refractivity contribution in [1.82, 2.24) is 14.0 Å². The zero-order valence-corrected chi connectivity index (χ0v) is 9.37. The summed E-state index contributed by atoms with van der Waals surface area (Å²) in [6.07, 6.45) is 6.98. The molecule has 4 nitrogen and oxygen atoms in total. The Morgan fingerprint density at radius 3 is 2.76 bits per heavy atom. The molecule has 0 atom stereocenters. The number of nitrogens with zero attached hydrogens (tertiary/aromatic N) is 3. The summed E-state index contributed by atoms with van der Waals surface area (Å²) in [7, 11) is 0. The Hall–Kier alpha value is -2.36. The lowest BCUT2D eigenvalue weighted by Crippen LogP contribution is -2.20. The predicted octanol–water partition coefficient (Wildman–Crippen LogP) is 1.79. The van der Waals surface area contributed by atoms with Crippen LogP contribution >= 0.6 is 0 Å². The van der Waals surface area contributed by atoms with Crippen LogP contribution in [-0.4, -0.2) is 14.0 Å². The molecule has 0 amide bonds. The standard InChI is InChI=1S/C13H11N3O/c1-10-4-2-3-5-11(10)16-9-8-15-7-6-14-12(15)13(16)17/h2-9H,1H3. The van der Waals surface area contributed by atoms with E-state index in [1.165, 1.54) is 0 Å². The van der Waals surface area contributed by atoms with E-state index < -0.39 is 0 Å². The highest BCUT2D eigenvalue weighted by molar-refractivity contribution is 5.44. The van der Waals surface area contributed by atoms with Crippen LogP contribution < -0.4 is 5.56 Å². The highest BCUT2D eigenvalue weighted by atomic mass is 16.1. The van der Waals surface area contributed by atoms with Gasteiger partial charge in [-0.05, 0) is 18.6 Å². The van der Waals surface area contributed by atoms with Crippen LogP contribution in [0, 0.1) is 6.92 Å². The SMILES string of the molecule is Cc1ccccc1-n1ccn2ccnc2c1=O. The van der Waals surface area contributed by atoms with Crippen molar-refractivity contribution in [2.75, 3.05) is 0 Å². The molecule has 2 aromatic heterocycles. The fraction of sp³-hybridized carbons (Fsp3) is 0.0769. The average Bonchev–Trinajstić information content (AvgIpc) is 2.80. The van der Waals surface area contributed by atoms with E-state index in [1.54, 1.807) is 27.6 Å². The second kappa shape index (κ2) is 3.59. The summed E-state index contributed by atoms with van der Waals surface area (Å²) in [5, 5.41) is 0. The van der Waals surface area contributed by atoms with Crippen LogP contribution in [0.3, 0.4) is 0 Å². The summed E-state index contributed by atoms with van der Waals surface area (Å²) >= 11 is 0. The first kappa shape index (κ1) is 9.84. The maximum absolute atomic E-state index is 12.2. The fourth-order valence-corrected chi connectivity index (χ4v) is 1.94. The number of para-hydroxylation sites is 1. The zero-order chi connectivity index (χ0) is 11.8. The minimum Gasteiger partial charge on any atom is -0.301 e. The van der Waals surface area contributed by atoms with Gasteiger partial charge in [-0.25, -0.2) is 4.98 Å². The molecule has 17 heavy (non-hydrogen) atoms. The van der Waals surface area contributed by atoms with Crippen molar-refractivity contribution in [3.05, 3.63) is 65.0 Å². The molecule has 84 valence electrons. The van der Waals surface area contributed by atoms with Gasteiger partial charge < -0.3 is 4.40 Å². The zero-order valence-electron chi connectivity index (χ0n) is 9.37. The highest BCUT2D eigenvalue weighted by Crippen LogP contribution is 2.11. The third kappa shape index (κ3) is 1.45. The van der Waals surface area contributed by atoms with Gasteiger partial charge in [0.05, 0.1) is 5.69 Å². The highest BCUT2D eigenvalue weighted by Gasteiger charge is 2.06. The summed E-state index contributed by atoms with van der Waals surface area (Å²) in [6, 6.07) is 7.79. The first-order chi connectivity index (χ1) is 8.27. The van der Waals surface area contributed by atoms with Gasteiger partial charge in [-0.1, -0.05) is 18.2 Å². The van der Waals surface area contributed by atoms with Crippen LogP contribution in [0.15, 0.2) is 53.8 Å². The van der Waals surface area contributed by atoms with Crippen molar-refractivity contribution in [2.24, 2.45) is 0 Å². The molecule has 0 saturated carbocycles. The van der Waals surface area contributed by atoms with Crippen LogP contribution in [-0.2, 0) is 0 Å². The molecule has 2 heterocycles. The molecule has 0 bridgehead atoms. The Balaban J connectivity index is 2.35. The van der Waals surface area contributed by atoms with Crippen LogP contribution in [0.1, 0.15) is 5.56 Å². The molecule has 0 fully saturated rings. The lowest BCUT2D eigenvalue weighted by molar-refractivity contribution is 0.941.